The molecule has 1 rings (SSSR count). The van der Waals surface area contributed by atoms with Crippen molar-refractivity contribution >= 4 is 11.4 Å². The Morgan fingerprint density at radius 2 is 1.87 bits per heavy atom. The second-order valence-corrected chi connectivity index (χ2v) is 3.79. The Morgan fingerprint density at radius 1 is 1.20 bits per heavy atom. The van der Waals surface area contributed by atoms with E-state index in [1.165, 1.54) is 0 Å². The summed E-state index contributed by atoms with van der Waals surface area (Å²) in [7, 11) is 6.05. The van der Waals surface area contributed by atoms with Crippen LogP contribution in [0.1, 0.15) is 0 Å². The number of nitrogens with zero attached hydrogens (tertiary/aromatic N) is 2. The van der Waals surface area contributed by atoms with Gasteiger partial charge in [0.1, 0.15) is 0 Å². The largest absolute Gasteiger partial charge is 0.397 e. The molecule has 0 saturated heterocycles. The number of hydrogen-bond acceptors (Lipinski definition) is 3. The molecular weight excluding hydrogens is 186 g/mol. The molecule has 3 nitrogen and oxygen atoms in total. The van der Waals surface area contributed by atoms with Crippen LogP contribution in [0.15, 0.2) is 36.5 Å². The molecule has 1 aromatic carbocycles. The third kappa shape index (κ3) is 3.54. The molecule has 0 unspecified atom stereocenters. The first kappa shape index (κ1) is 11.4. The zero-order valence-electron chi connectivity index (χ0n) is 9.64. The molecule has 0 aliphatic heterocycles. The van der Waals surface area contributed by atoms with Gasteiger partial charge in [-0.25, -0.2) is 0 Å². The number of nitrogens with two attached hydrogens (primary N) is 1. The van der Waals surface area contributed by atoms with E-state index in [9.17, 15) is 0 Å². The Hall–Kier alpha value is -1.64. The van der Waals surface area contributed by atoms with E-state index in [1.54, 1.807) is 0 Å². The van der Waals surface area contributed by atoms with Crippen LogP contribution in [0, 0.1) is 0 Å². The lowest BCUT2D eigenvalue weighted by atomic mass is 10.2. The molecule has 0 aromatic heterocycles. The quantitative estimate of drug-likeness (QED) is 0.760. The van der Waals surface area contributed by atoms with Crippen LogP contribution in [0.3, 0.4) is 0 Å². The number of para-hydroxylation sites is 2. The number of rotatable bonds is 4. The van der Waals surface area contributed by atoms with E-state index >= 15 is 0 Å². The van der Waals surface area contributed by atoms with Crippen LogP contribution in [0.2, 0.25) is 0 Å². The topological polar surface area (TPSA) is 32.5 Å². The Labute approximate surface area is 91.8 Å². The van der Waals surface area contributed by atoms with Gasteiger partial charge in [0.05, 0.1) is 11.4 Å². The lowest BCUT2D eigenvalue weighted by molar-refractivity contribution is 0.562. The maximum atomic E-state index is 5.88. The van der Waals surface area contributed by atoms with Crippen LogP contribution >= 0.6 is 0 Å². The van der Waals surface area contributed by atoms with Crippen molar-refractivity contribution in [3.63, 3.8) is 0 Å². The summed E-state index contributed by atoms with van der Waals surface area (Å²) in [6.45, 7) is 0.854. The fourth-order valence-electron chi connectivity index (χ4n) is 1.35. The second-order valence-electron chi connectivity index (χ2n) is 3.79. The van der Waals surface area contributed by atoms with Gasteiger partial charge >= 0.3 is 0 Å². The van der Waals surface area contributed by atoms with E-state index in [0.29, 0.717) is 0 Å². The monoisotopic (exact) mass is 205 g/mol. The molecule has 0 saturated carbocycles. The van der Waals surface area contributed by atoms with E-state index in [4.69, 9.17) is 5.73 Å². The van der Waals surface area contributed by atoms with Gasteiger partial charge in [0.25, 0.3) is 0 Å². The highest BCUT2D eigenvalue weighted by Gasteiger charge is 2.01. The van der Waals surface area contributed by atoms with Crippen molar-refractivity contribution in [3.05, 3.63) is 36.5 Å². The Balaban J connectivity index is 2.61. The summed E-state index contributed by atoms with van der Waals surface area (Å²) in [6, 6.07) is 7.89. The van der Waals surface area contributed by atoms with Gasteiger partial charge in [-0.15, -0.1) is 0 Å². The summed E-state index contributed by atoms with van der Waals surface area (Å²) < 4.78 is 0. The number of anilines is 2. The van der Waals surface area contributed by atoms with Crippen molar-refractivity contribution in [1.82, 2.24) is 4.90 Å². The molecule has 0 atom stereocenters. The molecular formula is C12H19N3. The number of hydrogen-bond donors (Lipinski definition) is 1. The van der Waals surface area contributed by atoms with E-state index in [0.717, 1.165) is 17.9 Å². The Morgan fingerprint density at radius 3 is 2.47 bits per heavy atom. The average Bonchev–Trinajstić information content (AvgIpc) is 2.17. The van der Waals surface area contributed by atoms with E-state index < -0.39 is 0 Å². The lowest BCUT2D eigenvalue weighted by Gasteiger charge is -2.19. The van der Waals surface area contributed by atoms with Crippen molar-refractivity contribution in [2.45, 2.75) is 0 Å². The minimum atomic E-state index is 0.818. The third-order valence-corrected chi connectivity index (χ3v) is 2.13. The van der Waals surface area contributed by atoms with E-state index in [-0.39, 0.29) is 0 Å². The smallest absolute Gasteiger partial charge is 0.0600 e. The fraction of sp³-hybridized carbons (Fsp3) is 0.333. The zero-order valence-corrected chi connectivity index (χ0v) is 9.64. The molecule has 0 heterocycles. The molecule has 0 aliphatic rings. The van der Waals surface area contributed by atoms with E-state index in [1.807, 2.05) is 56.5 Å². The summed E-state index contributed by atoms with van der Waals surface area (Å²) in [5.41, 5.74) is 7.76. The predicted octanol–water partition coefficient (Wildman–Crippen LogP) is 1.78. The fourth-order valence-corrected chi connectivity index (χ4v) is 1.35. The lowest BCUT2D eigenvalue weighted by Crippen LogP contribution is -2.18. The van der Waals surface area contributed by atoms with Gasteiger partial charge in [-0.2, -0.15) is 0 Å². The van der Waals surface area contributed by atoms with Crippen molar-refractivity contribution in [2.24, 2.45) is 0 Å². The zero-order chi connectivity index (χ0) is 11.3. The predicted molar refractivity (Wildman–Crippen MR) is 67.0 cm³/mol. The molecule has 2 N–H and O–H groups in total. The first-order chi connectivity index (χ1) is 7.11. The Bertz CT molecular complexity index is 331. The van der Waals surface area contributed by atoms with Crippen LogP contribution in [0.25, 0.3) is 0 Å². The molecule has 0 fully saturated rings. The maximum absolute atomic E-state index is 5.88. The van der Waals surface area contributed by atoms with Crippen molar-refractivity contribution in [1.29, 1.82) is 0 Å². The van der Waals surface area contributed by atoms with Gasteiger partial charge in [0.2, 0.25) is 0 Å². The first-order valence-electron chi connectivity index (χ1n) is 5.00. The SMILES string of the molecule is CN(C)/C=C\CN(C)c1ccccc1N. The molecule has 0 aliphatic carbocycles. The molecule has 0 amide bonds. The molecule has 15 heavy (non-hydrogen) atoms. The normalized spacial score (nSPS) is 10.6. The molecule has 0 radical (unpaired) electrons. The van der Waals surface area contributed by atoms with Gasteiger partial charge < -0.3 is 15.5 Å². The second kappa shape index (κ2) is 5.29. The minimum absolute atomic E-state index is 0.818. The maximum Gasteiger partial charge on any atom is 0.0600 e. The van der Waals surface area contributed by atoms with Crippen molar-refractivity contribution in [3.8, 4) is 0 Å². The average molecular weight is 205 g/mol. The molecule has 1 aromatic rings. The van der Waals surface area contributed by atoms with Crippen molar-refractivity contribution < 1.29 is 0 Å². The summed E-state index contributed by atoms with van der Waals surface area (Å²) in [6.07, 6.45) is 4.14. The van der Waals surface area contributed by atoms with Gasteiger partial charge in [0, 0.05) is 27.7 Å². The summed E-state index contributed by atoms with van der Waals surface area (Å²) in [5.74, 6) is 0. The minimum Gasteiger partial charge on any atom is -0.397 e. The number of benzene rings is 1. The summed E-state index contributed by atoms with van der Waals surface area (Å²) >= 11 is 0. The summed E-state index contributed by atoms with van der Waals surface area (Å²) in [5, 5.41) is 0. The summed E-state index contributed by atoms with van der Waals surface area (Å²) in [4.78, 5) is 4.14. The molecule has 82 valence electrons. The van der Waals surface area contributed by atoms with Crippen molar-refractivity contribution in [2.75, 3.05) is 38.3 Å². The van der Waals surface area contributed by atoms with Crippen LogP contribution in [-0.4, -0.2) is 32.6 Å². The van der Waals surface area contributed by atoms with Gasteiger partial charge in [-0.1, -0.05) is 12.1 Å². The van der Waals surface area contributed by atoms with Gasteiger partial charge in [-0.05, 0) is 24.4 Å². The van der Waals surface area contributed by atoms with Gasteiger partial charge in [0.15, 0.2) is 0 Å². The molecule has 3 heteroatoms. The van der Waals surface area contributed by atoms with Gasteiger partial charge in [-0.3, -0.25) is 0 Å². The standard InChI is InChI=1S/C12H19N3/c1-14(2)9-6-10-15(3)12-8-5-4-7-11(12)13/h4-9H,10,13H2,1-3H3/b9-6-. The highest BCUT2D eigenvalue weighted by molar-refractivity contribution is 5.67. The number of nitrogen functional groups attached to an aromatic ring is 1. The van der Waals surface area contributed by atoms with Crippen LogP contribution < -0.4 is 10.6 Å². The third-order valence-electron chi connectivity index (χ3n) is 2.13. The highest BCUT2D eigenvalue weighted by atomic mass is 15.1. The molecule has 0 bridgehead atoms. The van der Waals surface area contributed by atoms with E-state index in [2.05, 4.69) is 11.0 Å². The highest BCUT2D eigenvalue weighted by Crippen LogP contribution is 2.20. The van der Waals surface area contributed by atoms with Crippen LogP contribution in [0.5, 0.6) is 0 Å². The van der Waals surface area contributed by atoms with Crippen LogP contribution in [0.4, 0.5) is 11.4 Å². The first-order valence-corrected chi connectivity index (χ1v) is 5.00. The molecule has 0 spiro atoms. The van der Waals surface area contributed by atoms with Crippen LogP contribution in [-0.2, 0) is 0 Å². The Kier molecular flexibility index (Phi) is 4.03. The number of likely N-dealkylation sites (N-methyl/N-ethyl adjacent to an activating group) is 1.